The van der Waals surface area contributed by atoms with Gasteiger partial charge >= 0.3 is 6.18 Å². The van der Waals surface area contributed by atoms with E-state index in [4.69, 9.17) is 5.73 Å². The van der Waals surface area contributed by atoms with Gasteiger partial charge in [-0.15, -0.1) is 0 Å². The first-order valence-electron chi connectivity index (χ1n) is 6.46. The third kappa shape index (κ3) is 3.80. The average Bonchev–Trinajstić information content (AvgIpc) is 2.40. The Bertz CT molecular complexity index is 650. The predicted molar refractivity (Wildman–Crippen MR) is 79.4 cm³/mol. The number of benzene rings is 2. The molecule has 0 bridgehead atoms. The first kappa shape index (κ1) is 15.9. The van der Waals surface area contributed by atoms with Crippen LogP contribution in [0.1, 0.15) is 22.3 Å². The van der Waals surface area contributed by atoms with Crippen molar-refractivity contribution in [3.63, 3.8) is 0 Å². The van der Waals surface area contributed by atoms with Gasteiger partial charge in [-0.2, -0.15) is 13.2 Å². The quantitative estimate of drug-likeness (QED) is 0.869. The second kappa shape index (κ2) is 6.12. The Morgan fingerprint density at radius 2 is 1.76 bits per heavy atom. The molecule has 5 heteroatoms. The second-order valence-corrected chi connectivity index (χ2v) is 6.01. The fourth-order valence-corrected chi connectivity index (χ4v) is 3.07. The molecule has 0 aliphatic rings. The zero-order valence-corrected chi connectivity index (χ0v) is 12.6. The van der Waals surface area contributed by atoms with Crippen LogP contribution >= 0.6 is 11.8 Å². The van der Waals surface area contributed by atoms with E-state index in [-0.39, 0.29) is 12.1 Å². The van der Waals surface area contributed by atoms with Crippen LogP contribution in [-0.2, 0) is 12.7 Å². The second-order valence-electron chi connectivity index (χ2n) is 4.89. The molecule has 0 amide bonds. The summed E-state index contributed by atoms with van der Waals surface area (Å²) < 4.78 is 38.5. The van der Waals surface area contributed by atoms with Crippen LogP contribution in [0, 0.1) is 13.8 Å². The minimum absolute atomic E-state index is 0.122. The summed E-state index contributed by atoms with van der Waals surface area (Å²) in [7, 11) is 0. The molecule has 0 aliphatic heterocycles. The maximum Gasteiger partial charge on any atom is 0.416 e. The molecule has 0 radical (unpaired) electrons. The van der Waals surface area contributed by atoms with Crippen LogP contribution in [-0.4, -0.2) is 0 Å². The highest BCUT2D eigenvalue weighted by Gasteiger charge is 2.32. The predicted octanol–water partition coefficient (Wildman–Crippen LogP) is 4.93. The lowest BCUT2D eigenvalue weighted by atomic mass is 10.1. The topological polar surface area (TPSA) is 26.0 Å². The van der Waals surface area contributed by atoms with E-state index in [0.717, 1.165) is 27.0 Å². The summed E-state index contributed by atoms with van der Waals surface area (Å²) in [4.78, 5) is 1.79. The van der Waals surface area contributed by atoms with E-state index in [9.17, 15) is 13.2 Å². The maximum atomic E-state index is 12.8. The highest BCUT2D eigenvalue weighted by Crippen LogP contribution is 2.36. The Kier molecular flexibility index (Phi) is 4.64. The van der Waals surface area contributed by atoms with Crippen LogP contribution in [0.25, 0.3) is 0 Å². The minimum atomic E-state index is -4.36. The zero-order chi connectivity index (χ0) is 15.6. The van der Waals surface area contributed by atoms with E-state index in [1.165, 1.54) is 23.9 Å². The van der Waals surface area contributed by atoms with Gasteiger partial charge in [-0.25, -0.2) is 0 Å². The summed E-state index contributed by atoms with van der Waals surface area (Å²) in [6, 6.07) is 10.1. The van der Waals surface area contributed by atoms with Gasteiger partial charge in [0.15, 0.2) is 0 Å². The Morgan fingerprint density at radius 3 is 2.33 bits per heavy atom. The van der Waals surface area contributed by atoms with Gasteiger partial charge in [0, 0.05) is 16.3 Å². The van der Waals surface area contributed by atoms with E-state index in [2.05, 4.69) is 6.07 Å². The molecule has 0 unspecified atom stereocenters. The summed E-state index contributed by atoms with van der Waals surface area (Å²) >= 11 is 1.45. The Labute approximate surface area is 126 Å². The standard InChI is InChI=1S/C16H16F3NS/c1-10-3-6-15(11(2)7-10)21-13-4-5-14(16(17,18)19)12(8-13)9-20/h3-8H,9,20H2,1-2H3. The molecule has 1 nitrogen and oxygen atoms in total. The fraction of sp³-hybridized carbons (Fsp3) is 0.250. The van der Waals surface area contributed by atoms with E-state index in [0.29, 0.717) is 0 Å². The van der Waals surface area contributed by atoms with E-state index in [1.807, 2.05) is 26.0 Å². The van der Waals surface area contributed by atoms with E-state index >= 15 is 0 Å². The number of rotatable bonds is 3. The van der Waals surface area contributed by atoms with Gasteiger partial charge in [0.25, 0.3) is 0 Å². The first-order valence-corrected chi connectivity index (χ1v) is 7.28. The number of hydrogen-bond donors (Lipinski definition) is 1. The molecule has 2 rings (SSSR count). The van der Waals surface area contributed by atoms with Gasteiger partial charge in [0.2, 0.25) is 0 Å². The van der Waals surface area contributed by atoms with Crippen molar-refractivity contribution in [3.8, 4) is 0 Å². The Morgan fingerprint density at radius 1 is 1.05 bits per heavy atom. The summed E-state index contributed by atoms with van der Waals surface area (Å²) in [6.07, 6.45) is -4.36. The lowest BCUT2D eigenvalue weighted by Crippen LogP contribution is -2.11. The normalized spacial score (nSPS) is 11.7. The first-order chi connectivity index (χ1) is 9.81. The van der Waals surface area contributed by atoms with Crippen LogP contribution in [0.15, 0.2) is 46.2 Å². The fourth-order valence-electron chi connectivity index (χ4n) is 2.12. The zero-order valence-electron chi connectivity index (χ0n) is 11.8. The van der Waals surface area contributed by atoms with Gasteiger partial charge in [-0.05, 0) is 49.2 Å². The van der Waals surface area contributed by atoms with Gasteiger partial charge in [-0.3, -0.25) is 0 Å². The molecular formula is C16H16F3NS. The van der Waals surface area contributed by atoms with Crippen molar-refractivity contribution in [2.45, 2.75) is 36.4 Å². The Balaban J connectivity index is 2.33. The van der Waals surface area contributed by atoms with Crippen LogP contribution in [0.5, 0.6) is 0 Å². The summed E-state index contributed by atoms with van der Waals surface area (Å²) in [5.41, 5.74) is 7.18. The highest BCUT2D eigenvalue weighted by molar-refractivity contribution is 7.99. The van der Waals surface area contributed by atoms with Gasteiger partial charge in [-0.1, -0.05) is 29.5 Å². The van der Waals surface area contributed by atoms with Gasteiger partial charge < -0.3 is 5.73 Å². The third-order valence-electron chi connectivity index (χ3n) is 3.16. The van der Waals surface area contributed by atoms with Crippen molar-refractivity contribution in [2.24, 2.45) is 5.73 Å². The highest BCUT2D eigenvalue weighted by atomic mass is 32.2. The molecule has 0 atom stereocenters. The minimum Gasteiger partial charge on any atom is -0.326 e. The van der Waals surface area contributed by atoms with E-state index < -0.39 is 11.7 Å². The summed E-state index contributed by atoms with van der Waals surface area (Å²) in [6.45, 7) is 3.87. The van der Waals surface area contributed by atoms with Crippen molar-refractivity contribution in [1.29, 1.82) is 0 Å². The average molecular weight is 311 g/mol. The molecule has 2 aromatic rings. The largest absolute Gasteiger partial charge is 0.416 e. The molecular weight excluding hydrogens is 295 g/mol. The van der Waals surface area contributed by atoms with Crippen molar-refractivity contribution in [2.75, 3.05) is 0 Å². The van der Waals surface area contributed by atoms with Crippen molar-refractivity contribution < 1.29 is 13.2 Å². The van der Waals surface area contributed by atoms with Crippen LogP contribution in [0.2, 0.25) is 0 Å². The number of alkyl halides is 3. The Hall–Kier alpha value is -1.46. The van der Waals surface area contributed by atoms with Crippen LogP contribution in [0.3, 0.4) is 0 Å². The lowest BCUT2D eigenvalue weighted by Gasteiger charge is -2.13. The molecule has 0 spiro atoms. The van der Waals surface area contributed by atoms with Crippen LogP contribution < -0.4 is 5.73 Å². The van der Waals surface area contributed by atoms with Crippen LogP contribution in [0.4, 0.5) is 13.2 Å². The number of halogens is 3. The van der Waals surface area contributed by atoms with Crippen molar-refractivity contribution in [1.82, 2.24) is 0 Å². The smallest absolute Gasteiger partial charge is 0.326 e. The number of hydrogen-bond acceptors (Lipinski definition) is 2. The molecule has 0 fully saturated rings. The monoisotopic (exact) mass is 311 g/mol. The maximum absolute atomic E-state index is 12.8. The summed E-state index contributed by atoms with van der Waals surface area (Å²) in [5, 5.41) is 0. The molecule has 2 aromatic carbocycles. The van der Waals surface area contributed by atoms with Gasteiger partial charge in [0.05, 0.1) is 5.56 Å². The molecule has 0 aromatic heterocycles. The SMILES string of the molecule is Cc1ccc(Sc2ccc(C(F)(F)F)c(CN)c2)c(C)c1. The van der Waals surface area contributed by atoms with Crippen molar-refractivity contribution in [3.05, 3.63) is 58.7 Å². The number of nitrogens with two attached hydrogens (primary N) is 1. The molecule has 21 heavy (non-hydrogen) atoms. The third-order valence-corrected chi connectivity index (χ3v) is 4.33. The summed E-state index contributed by atoms with van der Waals surface area (Å²) in [5.74, 6) is 0. The molecule has 0 saturated heterocycles. The van der Waals surface area contributed by atoms with Gasteiger partial charge in [0.1, 0.15) is 0 Å². The lowest BCUT2D eigenvalue weighted by molar-refractivity contribution is -0.138. The van der Waals surface area contributed by atoms with E-state index in [1.54, 1.807) is 0 Å². The molecule has 0 aliphatic carbocycles. The molecule has 2 N–H and O–H groups in total. The molecule has 0 heterocycles. The molecule has 112 valence electrons. The van der Waals surface area contributed by atoms with Crippen molar-refractivity contribution >= 4 is 11.8 Å². The number of aryl methyl sites for hydroxylation is 2. The molecule has 0 saturated carbocycles.